The zero-order chi connectivity index (χ0) is 12.4. The number of nitrogens with two attached hydrogens (primary N) is 1. The van der Waals surface area contributed by atoms with Gasteiger partial charge >= 0.3 is 0 Å². The van der Waals surface area contributed by atoms with Crippen molar-refractivity contribution >= 4 is 44.6 Å². The number of nitrogens with one attached hydrogen (secondary N) is 1. The standard InChI is InChI=1S/C12H9BrClFN2/c13-7-4-5-11(9(15)6-7)17-12-8(14)2-1-3-10(12)16/h1-6,17H,16H2. The molecule has 2 rings (SSSR count). The van der Waals surface area contributed by atoms with E-state index < -0.39 is 0 Å². The van der Waals surface area contributed by atoms with Crippen molar-refractivity contribution < 1.29 is 4.39 Å². The minimum absolute atomic E-state index is 0.327. The van der Waals surface area contributed by atoms with Gasteiger partial charge in [-0.05, 0) is 30.3 Å². The Labute approximate surface area is 112 Å². The third kappa shape index (κ3) is 2.70. The summed E-state index contributed by atoms with van der Waals surface area (Å²) in [6, 6.07) is 9.85. The molecule has 0 atom stereocenters. The van der Waals surface area contributed by atoms with E-state index in [-0.39, 0.29) is 5.82 Å². The van der Waals surface area contributed by atoms with Crippen LogP contribution in [0.3, 0.4) is 0 Å². The molecule has 5 heteroatoms. The van der Waals surface area contributed by atoms with Crippen LogP contribution in [0, 0.1) is 5.82 Å². The molecule has 0 aromatic heterocycles. The minimum atomic E-state index is -0.376. The average Bonchev–Trinajstić information content (AvgIpc) is 2.26. The fourth-order valence-corrected chi connectivity index (χ4v) is 1.96. The number of hydrogen-bond donors (Lipinski definition) is 2. The number of hydrogen-bond acceptors (Lipinski definition) is 2. The van der Waals surface area contributed by atoms with E-state index in [9.17, 15) is 4.39 Å². The summed E-state index contributed by atoms with van der Waals surface area (Å²) < 4.78 is 14.3. The predicted molar refractivity (Wildman–Crippen MR) is 73.2 cm³/mol. The third-order valence-corrected chi connectivity index (χ3v) is 3.04. The molecule has 0 saturated heterocycles. The van der Waals surface area contributed by atoms with Crippen LogP contribution < -0.4 is 11.1 Å². The van der Waals surface area contributed by atoms with Crippen LogP contribution in [0.4, 0.5) is 21.5 Å². The second-order valence-corrected chi connectivity index (χ2v) is 4.78. The van der Waals surface area contributed by atoms with E-state index in [1.807, 2.05) is 0 Å². The highest BCUT2D eigenvalue weighted by Gasteiger charge is 2.08. The molecule has 0 saturated carbocycles. The molecule has 0 aliphatic rings. The van der Waals surface area contributed by atoms with Crippen molar-refractivity contribution in [1.29, 1.82) is 0 Å². The summed E-state index contributed by atoms with van der Waals surface area (Å²) in [6.45, 7) is 0. The van der Waals surface area contributed by atoms with Gasteiger partial charge in [0.1, 0.15) is 5.82 Å². The zero-order valence-electron chi connectivity index (χ0n) is 8.68. The molecule has 0 bridgehead atoms. The largest absolute Gasteiger partial charge is 0.397 e. The summed E-state index contributed by atoms with van der Waals surface area (Å²) in [6.07, 6.45) is 0. The maximum atomic E-state index is 13.6. The lowest BCUT2D eigenvalue weighted by Crippen LogP contribution is -1.98. The van der Waals surface area contributed by atoms with E-state index in [1.54, 1.807) is 30.3 Å². The molecule has 88 valence electrons. The number of benzene rings is 2. The van der Waals surface area contributed by atoms with Crippen molar-refractivity contribution in [3.05, 3.63) is 51.7 Å². The molecule has 0 radical (unpaired) electrons. The monoisotopic (exact) mass is 314 g/mol. The molecular formula is C12H9BrClFN2. The summed E-state index contributed by atoms with van der Waals surface area (Å²) in [5.41, 5.74) is 7.08. The van der Waals surface area contributed by atoms with Crippen LogP contribution in [0.15, 0.2) is 40.9 Å². The normalized spacial score (nSPS) is 10.3. The van der Waals surface area contributed by atoms with Gasteiger partial charge in [-0.15, -0.1) is 0 Å². The molecule has 2 aromatic rings. The first kappa shape index (κ1) is 12.2. The molecule has 0 aliphatic carbocycles. The topological polar surface area (TPSA) is 38.0 Å². The van der Waals surface area contributed by atoms with Crippen molar-refractivity contribution in [2.24, 2.45) is 0 Å². The van der Waals surface area contributed by atoms with Crippen LogP contribution in [-0.4, -0.2) is 0 Å². The van der Waals surface area contributed by atoms with Crippen LogP contribution in [0.5, 0.6) is 0 Å². The summed E-state index contributed by atoms with van der Waals surface area (Å²) in [7, 11) is 0. The number of nitrogen functional groups attached to an aromatic ring is 1. The van der Waals surface area contributed by atoms with Crippen molar-refractivity contribution in [1.82, 2.24) is 0 Å². The minimum Gasteiger partial charge on any atom is -0.397 e. The molecule has 0 heterocycles. The predicted octanol–water partition coefficient (Wildman–Crippen LogP) is 4.57. The number of anilines is 3. The summed E-state index contributed by atoms with van der Waals surface area (Å²) in [5, 5.41) is 3.33. The molecule has 0 fully saturated rings. The van der Waals surface area contributed by atoms with Gasteiger partial charge in [0.2, 0.25) is 0 Å². The highest BCUT2D eigenvalue weighted by molar-refractivity contribution is 9.10. The molecule has 0 unspecified atom stereocenters. The molecule has 0 aliphatic heterocycles. The first-order valence-corrected chi connectivity index (χ1v) is 6.01. The lowest BCUT2D eigenvalue weighted by atomic mass is 10.2. The van der Waals surface area contributed by atoms with Crippen LogP contribution in [0.1, 0.15) is 0 Å². The second-order valence-electron chi connectivity index (χ2n) is 3.45. The van der Waals surface area contributed by atoms with Crippen LogP contribution in [-0.2, 0) is 0 Å². The fourth-order valence-electron chi connectivity index (χ4n) is 1.40. The molecular weight excluding hydrogens is 307 g/mol. The van der Waals surface area contributed by atoms with E-state index in [2.05, 4.69) is 21.2 Å². The van der Waals surface area contributed by atoms with Crippen LogP contribution in [0.2, 0.25) is 5.02 Å². The number of rotatable bonds is 2. The average molecular weight is 316 g/mol. The Hall–Kier alpha value is -1.26. The van der Waals surface area contributed by atoms with Gasteiger partial charge in [-0.25, -0.2) is 4.39 Å². The van der Waals surface area contributed by atoms with E-state index in [0.717, 1.165) is 0 Å². The maximum absolute atomic E-state index is 13.6. The molecule has 0 spiro atoms. The van der Waals surface area contributed by atoms with E-state index in [0.29, 0.717) is 26.6 Å². The van der Waals surface area contributed by atoms with E-state index in [4.69, 9.17) is 17.3 Å². The van der Waals surface area contributed by atoms with Crippen molar-refractivity contribution in [3.63, 3.8) is 0 Å². The van der Waals surface area contributed by atoms with Crippen LogP contribution >= 0.6 is 27.5 Å². The van der Waals surface area contributed by atoms with Gasteiger partial charge in [0.25, 0.3) is 0 Å². The third-order valence-electron chi connectivity index (χ3n) is 2.24. The second kappa shape index (κ2) is 4.94. The Bertz CT molecular complexity index is 540. The Morgan fingerprint density at radius 1 is 1.24 bits per heavy atom. The van der Waals surface area contributed by atoms with Crippen LogP contribution in [0.25, 0.3) is 0 Å². The van der Waals surface area contributed by atoms with Crippen molar-refractivity contribution in [2.45, 2.75) is 0 Å². The SMILES string of the molecule is Nc1cccc(Cl)c1Nc1ccc(Br)cc1F. The Morgan fingerprint density at radius 3 is 2.65 bits per heavy atom. The molecule has 2 aromatic carbocycles. The van der Waals surface area contributed by atoms with Gasteiger partial charge in [-0.3, -0.25) is 0 Å². The lowest BCUT2D eigenvalue weighted by molar-refractivity contribution is 0.631. The lowest BCUT2D eigenvalue weighted by Gasteiger charge is -2.11. The van der Waals surface area contributed by atoms with Gasteiger partial charge in [0.05, 0.1) is 22.1 Å². The van der Waals surface area contributed by atoms with Gasteiger partial charge in [-0.2, -0.15) is 0 Å². The highest BCUT2D eigenvalue weighted by Crippen LogP contribution is 2.32. The smallest absolute Gasteiger partial charge is 0.147 e. The quantitative estimate of drug-likeness (QED) is 0.797. The first-order chi connectivity index (χ1) is 8.08. The molecule has 3 N–H and O–H groups in total. The van der Waals surface area contributed by atoms with E-state index in [1.165, 1.54) is 6.07 Å². The number of para-hydroxylation sites is 1. The summed E-state index contributed by atoms with van der Waals surface area (Å²) in [4.78, 5) is 0. The highest BCUT2D eigenvalue weighted by atomic mass is 79.9. The van der Waals surface area contributed by atoms with Gasteiger partial charge in [0, 0.05) is 4.47 Å². The van der Waals surface area contributed by atoms with Crippen molar-refractivity contribution in [2.75, 3.05) is 11.1 Å². The molecule has 2 nitrogen and oxygen atoms in total. The maximum Gasteiger partial charge on any atom is 0.147 e. The molecule has 17 heavy (non-hydrogen) atoms. The first-order valence-electron chi connectivity index (χ1n) is 4.84. The van der Waals surface area contributed by atoms with Gasteiger partial charge in [-0.1, -0.05) is 33.6 Å². The summed E-state index contributed by atoms with van der Waals surface area (Å²) in [5.74, 6) is -0.376. The van der Waals surface area contributed by atoms with E-state index >= 15 is 0 Å². The number of halogens is 3. The Morgan fingerprint density at radius 2 is 2.00 bits per heavy atom. The van der Waals surface area contributed by atoms with Crippen molar-refractivity contribution in [3.8, 4) is 0 Å². The van der Waals surface area contributed by atoms with Gasteiger partial charge < -0.3 is 11.1 Å². The Balaban J connectivity index is 2.38. The zero-order valence-corrected chi connectivity index (χ0v) is 11.0. The Kier molecular flexibility index (Phi) is 3.54. The van der Waals surface area contributed by atoms with Gasteiger partial charge in [0.15, 0.2) is 0 Å². The fraction of sp³-hybridized carbons (Fsp3) is 0. The molecule has 0 amide bonds. The summed E-state index contributed by atoms with van der Waals surface area (Å²) >= 11 is 9.18.